The third-order valence-corrected chi connectivity index (χ3v) is 6.97. The molecule has 2 rings (SSSR count). The molecular weight excluding hydrogens is 246 g/mol. The zero-order chi connectivity index (χ0) is 13.0. The molecule has 18 heavy (non-hydrogen) atoms. The molecule has 0 saturated heterocycles. The van der Waals surface area contributed by atoms with E-state index in [1.807, 2.05) is 0 Å². The van der Waals surface area contributed by atoms with Crippen LogP contribution in [0, 0.1) is 5.92 Å². The molecule has 106 valence electrons. The minimum atomic E-state index is -2.88. The molecule has 0 bridgehead atoms. The van der Waals surface area contributed by atoms with Gasteiger partial charge in [-0.2, -0.15) is 0 Å². The summed E-state index contributed by atoms with van der Waals surface area (Å²) in [6.45, 7) is 2.95. The third kappa shape index (κ3) is 3.47. The largest absolute Gasteiger partial charge is 0.313 e. The molecule has 0 spiro atoms. The summed E-state index contributed by atoms with van der Waals surface area (Å²) in [5.41, 5.74) is 0. The molecule has 0 amide bonds. The summed E-state index contributed by atoms with van der Waals surface area (Å²) in [7, 11) is -2.88. The van der Waals surface area contributed by atoms with E-state index in [-0.39, 0.29) is 11.3 Å². The van der Waals surface area contributed by atoms with E-state index in [1.54, 1.807) is 0 Å². The molecular formula is C14H27NO2S. The van der Waals surface area contributed by atoms with Crippen LogP contribution >= 0.6 is 0 Å². The van der Waals surface area contributed by atoms with Crippen LogP contribution in [0.1, 0.15) is 58.3 Å². The molecule has 4 heteroatoms. The summed E-state index contributed by atoms with van der Waals surface area (Å²) in [5.74, 6) is 0.956. The van der Waals surface area contributed by atoms with Crippen LogP contribution in [0.2, 0.25) is 0 Å². The van der Waals surface area contributed by atoms with Gasteiger partial charge in [-0.25, -0.2) is 8.42 Å². The Balaban J connectivity index is 1.98. The Bertz CT molecular complexity index is 341. The van der Waals surface area contributed by atoms with Crippen LogP contribution in [0.15, 0.2) is 0 Å². The molecule has 0 aliphatic heterocycles. The lowest BCUT2D eigenvalue weighted by Crippen LogP contribution is -2.42. The molecule has 0 aromatic heterocycles. The van der Waals surface area contributed by atoms with Gasteiger partial charge in [0.1, 0.15) is 0 Å². The van der Waals surface area contributed by atoms with Crippen LogP contribution in [-0.4, -0.2) is 32.0 Å². The highest BCUT2D eigenvalue weighted by molar-refractivity contribution is 7.92. The predicted octanol–water partition coefficient (Wildman–Crippen LogP) is 2.51. The number of nitrogens with one attached hydrogen (secondary N) is 1. The van der Waals surface area contributed by atoms with E-state index in [2.05, 4.69) is 12.2 Å². The molecule has 2 saturated carbocycles. The fourth-order valence-corrected chi connectivity index (χ4v) is 5.83. The van der Waals surface area contributed by atoms with Crippen molar-refractivity contribution in [3.63, 3.8) is 0 Å². The van der Waals surface area contributed by atoms with Crippen molar-refractivity contribution >= 4 is 9.84 Å². The van der Waals surface area contributed by atoms with Gasteiger partial charge in [-0.05, 0) is 38.1 Å². The molecule has 2 aliphatic rings. The average molecular weight is 273 g/mol. The molecule has 2 aliphatic carbocycles. The van der Waals surface area contributed by atoms with Gasteiger partial charge in [0, 0.05) is 6.04 Å². The summed E-state index contributed by atoms with van der Waals surface area (Å²) >= 11 is 0. The average Bonchev–Trinajstić information content (AvgIpc) is 3.02. The molecule has 0 radical (unpaired) electrons. The molecule has 1 unspecified atom stereocenters. The summed E-state index contributed by atoms with van der Waals surface area (Å²) in [6.07, 6.45) is 8.94. The van der Waals surface area contributed by atoms with Crippen molar-refractivity contribution in [2.24, 2.45) is 5.92 Å². The van der Waals surface area contributed by atoms with Crippen molar-refractivity contribution in [3.8, 4) is 0 Å². The maximum absolute atomic E-state index is 12.4. The summed E-state index contributed by atoms with van der Waals surface area (Å²) < 4.78 is 24.9. The van der Waals surface area contributed by atoms with Crippen molar-refractivity contribution in [3.05, 3.63) is 0 Å². The molecule has 1 atom stereocenters. The van der Waals surface area contributed by atoms with Crippen molar-refractivity contribution in [2.75, 3.05) is 12.3 Å². The van der Waals surface area contributed by atoms with Gasteiger partial charge in [-0.15, -0.1) is 0 Å². The highest BCUT2D eigenvalue weighted by Crippen LogP contribution is 2.31. The Morgan fingerprint density at radius 2 is 1.61 bits per heavy atom. The van der Waals surface area contributed by atoms with Gasteiger partial charge >= 0.3 is 0 Å². The molecule has 0 heterocycles. The number of rotatable bonds is 6. The van der Waals surface area contributed by atoms with Crippen LogP contribution in [-0.2, 0) is 9.84 Å². The molecule has 3 nitrogen and oxygen atoms in total. The van der Waals surface area contributed by atoms with E-state index in [0.717, 1.165) is 32.2 Å². The molecule has 0 aromatic carbocycles. The smallest absolute Gasteiger partial charge is 0.154 e. The van der Waals surface area contributed by atoms with Gasteiger partial charge in [-0.1, -0.05) is 32.6 Å². The van der Waals surface area contributed by atoms with E-state index < -0.39 is 9.84 Å². The lowest BCUT2D eigenvalue weighted by molar-refractivity contribution is 0.388. The number of hydrogen-bond donors (Lipinski definition) is 1. The zero-order valence-corrected chi connectivity index (χ0v) is 12.3. The van der Waals surface area contributed by atoms with E-state index in [9.17, 15) is 8.42 Å². The van der Waals surface area contributed by atoms with Gasteiger partial charge in [0.2, 0.25) is 0 Å². The second-order valence-corrected chi connectivity index (χ2v) is 8.27. The Hall–Kier alpha value is -0.0900. The van der Waals surface area contributed by atoms with Gasteiger partial charge in [0.25, 0.3) is 0 Å². The molecule has 2 fully saturated rings. The minimum Gasteiger partial charge on any atom is -0.313 e. The van der Waals surface area contributed by atoms with Gasteiger partial charge in [0.05, 0.1) is 11.0 Å². The maximum atomic E-state index is 12.4. The van der Waals surface area contributed by atoms with Crippen LogP contribution in [0.3, 0.4) is 0 Å². The first-order valence-corrected chi connectivity index (χ1v) is 9.30. The van der Waals surface area contributed by atoms with Crippen LogP contribution < -0.4 is 5.32 Å². The topological polar surface area (TPSA) is 46.2 Å². The van der Waals surface area contributed by atoms with Crippen molar-refractivity contribution in [2.45, 2.75) is 69.6 Å². The fraction of sp³-hybridized carbons (Fsp3) is 1.00. The first-order chi connectivity index (χ1) is 8.63. The highest BCUT2D eigenvalue weighted by atomic mass is 32.2. The van der Waals surface area contributed by atoms with E-state index >= 15 is 0 Å². The lowest BCUT2D eigenvalue weighted by atomic mass is 10.00. The highest BCUT2D eigenvalue weighted by Gasteiger charge is 2.34. The molecule has 0 aromatic rings. The normalized spacial score (nSPS) is 24.7. The Labute approximate surface area is 112 Å². The second-order valence-electron chi connectivity index (χ2n) is 5.94. The Kier molecular flexibility index (Phi) is 5.07. The number of hydrogen-bond acceptors (Lipinski definition) is 3. The van der Waals surface area contributed by atoms with E-state index in [1.165, 1.54) is 25.7 Å². The predicted molar refractivity (Wildman–Crippen MR) is 75.5 cm³/mol. The van der Waals surface area contributed by atoms with Crippen molar-refractivity contribution < 1.29 is 8.42 Å². The summed E-state index contributed by atoms with van der Waals surface area (Å²) in [5, 5.41) is 3.38. The van der Waals surface area contributed by atoms with Gasteiger partial charge in [-0.3, -0.25) is 0 Å². The monoisotopic (exact) mass is 273 g/mol. The van der Waals surface area contributed by atoms with Crippen molar-refractivity contribution in [1.29, 1.82) is 0 Å². The lowest BCUT2D eigenvalue weighted by Gasteiger charge is -2.25. The zero-order valence-electron chi connectivity index (χ0n) is 11.5. The summed E-state index contributed by atoms with van der Waals surface area (Å²) in [4.78, 5) is 0. The Morgan fingerprint density at radius 1 is 1.06 bits per heavy atom. The SMILES string of the molecule is CCNC(CS(=O)(=O)C1CCCC1)C1CCCC1. The molecule has 1 N–H and O–H groups in total. The Morgan fingerprint density at radius 3 is 2.17 bits per heavy atom. The van der Waals surface area contributed by atoms with Crippen molar-refractivity contribution in [1.82, 2.24) is 5.32 Å². The van der Waals surface area contributed by atoms with E-state index in [4.69, 9.17) is 0 Å². The summed E-state index contributed by atoms with van der Waals surface area (Å²) in [6, 6.07) is 0.197. The first kappa shape index (κ1) is 14.3. The first-order valence-electron chi connectivity index (χ1n) is 7.58. The van der Waals surface area contributed by atoms with Crippen LogP contribution in [0.25, 0.3) is 0 Å². The quantitative estimate of drug-likeness (QED) is 0.809. The van der Waals surface area contributed by atoms with Crippen LogP contribution in [0.4, 0.5) is 0 Å². The van der Waals surface area contributed by atoms with Gasteiger partial charge in [0.15, 0.2) is 9.84 Å². The maximum Gasteiger partial charge on any atom is 0.154 e. The van der Waals surface area contributed by atoms with E-state index in [0.29, 0.717) is 11.7 Å². The second kappa shape index (κ2) is 6.38. The number of sulfone groups is 1. The fourth-order valence-electron chi connectivity index (χ4n) is 3.62. The van der Waals surface area contributed by atoms with Crippen LogP contribution in [0.5, 0.6) is 0 Å². The minimum absolute atomic E-state index is 0.0416. The standard InChI is InChI=1S/C14H27NO2S/c1-2-15-14(12-7-3-4-8-12)11-18(16,17)13-9-5-6-10-13/h12-15H,2-11H2,1H3. The van der Waals surface area contributed by atoms with Gasteiger partial charge < -0.3 is 5.32 Å². The third-order valence-electron chi connectivity index (χ3n) is 4.66.